The monoisotopic (exact) mass is 271 g/mol. The third-order valence-corrected chi connectivity index (χ3v) is 2.94. The van der Waals surface area contributed by atoms with E-state index in [-0.39, 0.29) is 0 Å². The Morgan fingerprint density at radius 1 is 1.36 bits per heavy atom. The van der Waals surface area contributed by atoms with E-state index < -0.39 is 0 Å². The number of methoxy groups -OCH3 is 1. The average molecular weight is 273 g/mol. The molecule has 0 saturated heterocycles. The first-order valence-corrected chi connectivity index (χ1v) is 5.18. The van der Waals surface area contributed by atoms with Gasteiger partial charge in [-0.25, -0.2) is 0 Å². The summed E-state index contributed by atoms with van der Waals surface area (Å²) in [5.74, 6) is 0.768. The molecule has 14 heavy (non-hydrogen) atoms. The van der Waals surface area contributed by atoms with Crippen LogP contribution in [0.2, 0.25) is 5.02 Å². The molecular weight excluding hydrogens is 265 g/mol. The number of ether oxygens (including phenoxy) is 1. The molecule has 0 N–H and O–H groups in total. The number of pyridine rings is 1. The Bertz CT molecular complexity index is 487. The van der Waals surface area contributed by atoms with Gasteiger partial charge in [-0.1, -0.05) is 11.6 Å². The molecule has 0 amide bonds. The summed E-state index contributed by atoms with van der Waals surface area (Å²) in [6.45, 7) is 0. The standard InChI is InChI=1S/C10H7BrClNO/c1-14-8-3-2-7(12)10-9(8)6(11)4-5-13-10/h2-5H,1H3. The molecule has 0 radical (unpaired) electrons. The second kappa shape index (κ2) is 3.75. The van der Waals surface area contributed by atoms with Crippen molar-refractivity contribution in [1.29, 1.82) is 0 Å². The predicted molar refractivity (Wildman–Crippen MR) is 61.0 cm³/mol. The highest BCUT2D eigenvalue weighted by atomic mass is 79.9. The van der Waals surface area contributed by atoms with Crippen molar-refractivity contribution in [3.8, 4) is 5.75 Å². The maximum atomic E-state index is 6.02. The fraction of sp³-hybridized carbons (Fsp3) is 0.100. The first-order chi connectivity index (χ1) is 6.74. The van der Waals surface area contributed by atoms with E-state index in [0.29, 0.717) is 5.02 Å². The van der Waals surface area contributed by atoms with E-state index in [4.69, 9.17) is 16.3 Å². The van der Waals surface area contributed by atoms with Gasteiger partial charge in [0, 0.05) is 10.7 Å². The summed E-state index contributed by atoms with van der Waals surface area (Å²) in [4.78, 5) is 4.21. The van der Waals surface area contributed by atoms with Gasteiger partial charge < -0.3 is 4.74 Å². The minimum atomic E-state index is 0.627. The zero-order valence-electron chi connectivity index (χ0n) is 7.42. The molecule has 0 fully saturated rings. The number of nitrogens with zero attached hydrogens (tertiary/aromatic N) is 1. The molecule has 0 spiro atoms. The van der Waals surface area contributed by atoms with Gasteiger partial charge in [-0.3, -0.25) is 4.98 Å². The topological polar surface area (TPSA) is 22.1 Å². The van der Waals surface area contributed by atoms with E-state index in [1.165, 1.54) is 0 Å². The van der Waals surface area contributed by atoms with Crippen LogP contribution in [0.25, 0.3) is 10.9 Å². The van der Waals surface area contributed by atoms with E-state index in [1.54, 1.807) is 19.4 Å². The Labute approximate surface area is 95.0 Å². The summed E-state index contributed by atoms with van der Waals surface area (Å²) in [7, 11) is 1.63. The van der Waals surface area contributed by atoms with Crippen LogP contribution in [0.1, 0.15) is 0 Å². The molecule has 0 aliphatic rings. The summed E-state index contributed by atoms with van der Waals surface area (Å²) in [5, 5.41) is 1.53. The first kappa shape index (κ1) is 9.74. The molecule has 0 aliphatic carbocycles. The van der Waals surface area contributed by atoms with E-state index in [0.717, 1.165) is 21.1 Å². The summed E-state index contributed by atoms with van der Waals surface area (Å²) < 4.78 is 6.17. The molecular formula is C10H7BrClNO. The van der Waals surface area contributed by atoms with Gasteiger partial charge in [0.25, 0.3) is 0 Å². The molecule has 2 aromatic rings. The number of hydrogen-bond acceptors (Lipinski definition) is 2. The number of aromatic nitrogens is 1. The van der Waals surface area contributed by atoms with Crippen molar-refractivity contribution in [2.24, 2.45) is 0 Å². The molecule has 4 heteroatoms. The van der Waals surface area contributed by atoms with Crippen LogP contribution in [-0.4, -0.2) is 12.1 Å². The van der Waals surface area contributed by atoms with E-state index >= 15 is 0 Å². The summed E-state index contributed by atoms with van der Waals surface area (Å²) in [5.41, 5.74) is 0.750. The smallest absolute Gasteiger partial charge is 0.129 e. The fourth-order valence-corrected chi connectivity index (χ4v) is 2.04. The molecule has 1 aromatic heterocycles. The van der Waals surface area contributed by atoms with Gasteiger partial charge in [0.15, 0.2) is 0 Å². The van der Waals surface area contributed by atoms with Gasteiger partial charge in [0.05, 0.1) is 23.0 Å². The molecule has 2 nitrogen and oxygen atoms in total. The summed E-state index contributed by atoms with van der Waals surface area (Å²) in [6.07, 6.45) is 1.71. The predicted octanol–water partition coefficient (Wildman–Crippen LogP) is 3.66. The fourth-order valence-electron chi connectivity index (χ4n) is 1.33. The molecule has 72 valence electrons. The van der Waals surface area contributed by atoms with Crippen LogP contribution in [0.15, 0.2) is 28.9 Å². The summed E-state index contributed by atoms with van der Waals surface area (Å²) >= 11 is 9.46. The van der Waals surface area contributed by atoms with E-state index in [9.17, 15) is 0 Å². The molecule has 0 saturated carbocycles. The lowest BCUT2D eigenvalue weighted by Crippen LogP contribution is -1.88. The highest BCUT2D eigenvalue weighted by Gasteiger charge is 2.08. The van der Waals surface area contributed by atoms with E-state index in [2.05, 4.69) is 20.9 Å². The van der Waals surface area contributed by atoms with Crippen molar-refractivity contribution >= 4 is 38.4 Å². The lowest BCUT2D eigenvalue weighted by atomic mass is 10.2. The Hall–Kier alpha value is -0.800. The third kappa shape index (κ3) is 1.47. The molecule has 1 aromatic carbocycles. The Morgan fingerprint density at radius 3 is 2.86 bits per heavy atom. The lowest BCUT2D eigenvalue weighted by molar-refractivity contribution is 0.419. The van der Waals surface area contributed by atoms with Gasteiger partial charge in [-0.05, 0) is 34.1 Å². The van der Waals surface area contributed by atoms with Crippen LogP contribution in [0, 0.1) is 0 Å². The quantitative estimate of drug-likeness (QED) is 0.790. The first-order valence-electron chi connectivity index (χ1n) is 4.00. The second-order valence-electron chi connectivity index (χ2n) is 2.77. The molecule has 0 aliphatic heterocycles. The minimum absolute atomic E-state index is 0.627. The maximum Gasteiger partial charge on any atom is 0.129 e. The lowest BCUT2D eigenvalue weighted by Gasteiger charge is -2.07. The highest BCUT2D eigenvalue weighted by Crippen LogP contribution is 2.34. The Balaban J connectivity index is 2.92. The molecule has 1 heterocycles. The van der Waals surface area contributed by atoms with Crippen molar-refractivity contribution in [2.45, 2.75) is 0 Å². The van der Waals surface area contributed by atoms with E-state index in [1.807, 2.05) is 12.1 Å². The number of hydrogen-bond donors (Lipinski definition) is 0. The third-order valence-electron chi connectivity index (χ3n) is 1.97. The Morgan fingerprint density at radius 2 is 2.14 bits per heavy atom. The van der Waals surface area contributed by atoms with Crippen LogP contribution in [0.5, 0.6) is 5.75 Å². The number of rotatable bonds is 1. The average Bonchev–Trinajstić information content (AvgIpc) is 2.20. The summed E-state index contributed by atoms with van der Waals surface area (Å²) in [6, 6.07) is 5.47. The maximum absolute atomic E-state index is 6.02. The SMILES string of the molecule is COc1ccc(Cl)c2nccc(Br)c12. The van der Waals surface area contributed by atoms with Crippen molar-refractivity contribution in [3.63, 3.8) is 0 Å². The van der Waals surface area contributed by atoms with Crippen LogP contribution >= 0.6 is 27.5 Å². The van der Waals surface area contributed by atoms with Crippen LogP contribution in [0.4, 0.5) is 0 Å². The minimum Gasteiger partial charge on any atom is -0.496 e. The van der Waals surface area contributed by atoms with Crippen molar-refractivity contribution in [3.05, 3.63) is 33.9 Å². The Kier molecular flexibility index (Phi) is 2.61. The molecule has 2 rings (SSSR count). The van der Waals surface area contributed by atoms with Gasteiger partial charge in [0.2, 0.25) is 0 Å². The van der Waals surface area contributed by atoms with Crippen molar-refractivity contribution in [1.82, 2.24) is 4.98 Å². The normalized spacial score (nSPS) is 10.5. The molecule has 0 unspecified atom stereocenters. The van der Waals surface area contributed by atoms with Gasteiger partial charge in [-0.15, -0.1) is 0 Å². The zero-order valence-corrected chi connectivity index (χ0v) is 9.76. The molecule has 0 bridgehead atoms. The molecule has 0 atom stereocenters. The van der Waals surface area contributed by atoms with Crippen molar-refractivity contribution in [2.75, 3.05) is 7.11 Å². The van der Waals surface area contributed by atoms with Crippen LogP contribution < -0.4 is 4.74 Å². The highest BCUT2D eigenvalue weighted by molar-refractivity contribution is 9.10. The van der Waals surface area contributed by atoms with Gasteiger partial charge in [0.1, 0.15) is 5.75 Å². The number of halogens is 2. The second-order valence-corrected chi connectivity index (χ2v) is 4.03. The van der Waals surface area contributed by atoms with Crippen LogP contribution in [0.3, 0.4) is 0 Å². The zero-order chi connectivity index (χ0) is 10.1. The number of fused-ring (bicyclic) bond motifs is 1. The van der Waals surface area contributed by atoms with Crippen molar-refractivity contribution < 1.29 is 4.74 Å². The number of benzene rings is 1. The van der Waals surface area contributed by atoms with Gasteiger partial charge >= 0.3 is 0 Å². The van der Waals surface area contributed by atoms with Crippen LogP contribution in [-0.2, 0) is 0 Å². The largest absolute Gasteiger partial charge is 0.496 e. The van der Waals surface area contributed by atoms with Gasteiger partial charge in [-0.2, -0.15) is 0 Å².